The summed E-state index contributed by atoms with van der Waals surface area (Å²) in [6.45, 7) is 0. The van der Waals surface area contributed by atoms with Crippen molar-refractivity contribution < 1.29 is 27.5 Å². The number of hydrogen-bond acceptors (Lipinski definition) is 7. The number of amides is 2. The number of allylic oxidation sites excluding steroid dienone is 1. The average Bonchev–Trinajstić information content (AvgIpc) is 2.94. The number of β-lactam (4-membered cyclic amide) rings is 1. The van der Waals surface area contributed by atoms with Crippen LogP contribution < -0.4 is 5.73 Å². The van der Waals surface area contributed by atoms with Gasteiger partial charge >= 0.3 is 5.97 Å². The molecule has 1 atom stereocenters. The molecule has 0 bridgehead atoms. The van der Waals surface area contributed by atoms with Gasteiger partial charge in [0, 0.05) is 12.3 Å². The van der Waals surface area contributed by atoms with Crippen molar-refractivity contribution in [2.45, 2.75) is 11.5 Å². The lowest BCUT2D eigenvalue weighted by molar-refractivity contribution is -0.149. The largest absolute Gasteiger partial charge is 0.448 e. The molecule has 0 unspecified atom stereocenters. The monoisotopic (exact) mass is 541 g/mol. The van der Waals surface area contributed by atoms with Gasteiger partial charge in [-0.2, -0.15) is 0 Å². The molecule has 0 aliphatic carbocycles. The molecule has 2 aliphatic heterocycles. The average molecular weight is 542 g/mol. The van der Waals surface area contributed by atoms with Gasteiger partial charge in [-0.15, -0.1) is 0 Å². The first-order chi connectivity index (χ1) is 18.8. The van der Waals surface area contributed by atoms with Gasteiger partial charge in [-0.3, -0.25) is 19.5 Å². The van der Waals surface area contributed by atoms with Gasteiger partial charge in [-0.25, -0.2) is 13.2 Å². The minimum Gasteiger partial charge on any atom is -0.448 e. The lowest BCUT2D eigenvalue weighted by Crippen LogP contribution is -2.62. The van der Waals surface area contributed by atoms with Crippen molar-refractivity contribution in [2.75, 3.05) is 5.75 Å². The zero-order valence-electron chi connectivity index (χ0n) is 20.5. The van der Waals surface area contributed by atoms with Crippen LogP contribution in [-0.2, 0) is 29.0 Å². The molecular weight excluding hydrogens is 518 g/mol. The fourth-order valence-corrected chi connectivity index (χ4v) is 6.46. The number of hydrogen-bond donors (Lipinski definition) is 1. The Bertz CT molecular complexity index is 1590. The number of aromatic nitrogens is 1. The second-order valence-electron chi connectivity index (χ2n) is 8.91. The number of benzene rings is 2. The first-order valence-electron chi connectivity index (χ1n) is 12.0. The van der Waals surface area contributed by atoms with E-state index >= 15 is 0 Å². The topological polar surface area (TPSA) is 137 Å². The lowest BCUT2D eigenvalue weighted by Gasteiger charge is -2.45. The molecule has 39 heavy (non-hydrogen) atoms. The molecule has 3 heterocycles. The molecule has 2 aliphatic rings. The number of fused-ring (bicyclic) bond motifs is 1. The highest BCUT2D eigenvalue weighted by Gasteiger charge is 2.56. The standard InChI is InChI=1S/C29H23N3O6S/c30-24(33)15-14-21-18-39(36,37)28-23(17-22-13-7-8-16-31-22)27(34)32(28)25(21)29(35)38-26(19-9-3-1-4-10-19)20-11-5-2-6-12-20/h1-17,26,28H,18H2,(H2,30,33)/b15-14-,23-17-/t28-/m1/s1. The van der Waals surface area contributed by atoms with Crippen LogP contribution in [-0.4, -0.2) is 47.2 Å². The Labute approximate surface area is 224 Å². The minimum atomic E-state index is -3.98. The molecule has 9 nitrogen and oxygen atoms in total. The van der Waals surface area contributed by atoms with Crippen LogP contribution in [0.1, 0.15) is 22.9 Å². The van der Waals surface area contributed by atoms with Crippen molar-refractivity contribution in [3.05, 3.63) is 131 Å². The maximum absolute atomic E-state index is 13.8. The Morgan fingerprint density at radius 2 is 1.59 bits per heavy atom. The van der Waals surface area contributed by atoms with E-state index in [2.05, 4.69) is 4.98 Å². The molecule has 2 amide bonds. The molecular formula is C29H23N3O6S. The van der Waals surface area contributed by atoms with E-state index in [-0.39, 0.29) is 16.8 Å². The third-order valence-corrected chi connectivity index (χ3v) is 8.13. The van der Waals surface area contributed by atoms with Crippen LogP contribution in [0.2, 0.25) is 0 Å². The van der Waals surface area contributed by atoms with Gasteiger partial charge in [0.1, 0.15) is 5.70 Å². The molecule has 2 N–H and O–H groups in total. The molecule has 2 aromatic carbocycles. The predicted octanol–water partition coefficient (Wildman–Crippen LogP) is 2.69. The lowest BCUT2D eigenvalue weighted by atomic mass is 9.99. The highest BCUT2D eigenvalue weighted by molar-refractivity contribution is 7.92. The number of carbonyl (C=O) groups excluding carboxylic acids is 3. The number of nitrogens with zero attached hydrogens (tertiary/aromatic N) is 2. The van der Waals surface area contributed by atoms with Crippen molar-refractivity contribution in [1.82, 2.24) is 9.88 Å². The summed E-state index contributed by atoms with van der Waals surface area (Å²) in [5.41, 5.74) is 6.65. The molecule has 1 fully saturated rings. The molecule has 10 heteroatoms. The van der Waals surface area contributed by atoms with Crippen LogP contribution in [0.4, 0.5) is 0 Å². The van der Waals surface area contributed by atoms with Crippen molar-refractivity contribution in [3.63, 3.8) is 0 Å². The minimum absolute atomic E-state index is 0.0143. The van der Waals surface area contributed by atoms with Crippen molar-refractivity contribution in [2.24, 2.45) is 5.73 Å². The van der Waals surface area contributed by atoms with E-state index in [1.54, 1.807) is 66.7 Å². The first-order valence-corrected chi connectivity index (χ1v) is 13.7. The molecule has 0 spiro atoms. The van der Waals surface area contributed by atoms with Crippen LogP contribution in [0.25, 0.3) is 6.08 Å². The number of nitrogens with two attached hydrogens (primary N) is 1. The molecule has 1 aromatic heterocycles. The summed E-state index contributed by atoms with van der Waals surface area (Å²) in [5, 5.41) is -1.40. The highest BCUT2D eigenvalue weighted by Crippen LogP contribution is 2.42. The van der Waals surface area contributed by atoms with Crippen molar-refractivity contribution >= 4 is 33.7 Å². The number of carbonyl (C=O) groups is 3. The van der Waals surface area contributed by atoms with E-state index in [0.29, 0.717) is 16.8 Å². The third kappa shape index (κ3) is 5.14. The van der Waals surface area contributed by atoms with Gasteiger partial charge < -0.3 is 10.5 Å². The summed E-state index contributed by atoms with van der Waals surface area (Å²) in [5.74, 6) is -3.04. The quantitative estimate of drug-likeness (QED) is 0.276. The molecule has 0 radical (unpaired) electrons. The Kier molecular flexibility index (Phi) is 6.95. The number of pyridine rings is 1. The number of ether oxygens (including phenoxy) is 1. The van der Waals surface area contributed by atoms with Gasteiger partial charge in [0.05, 0.1) is 17.0 Å². The van der Waals surface area contributed by atoms with Gasteiger partial charge in [0.2, 0.25) is 5.91 Å². The van der Waals surface area contributed by atoms with Crippen molar-refractivity contribution in [1.29, 1.82) is 0 Å². The molecule has 3 aromatic rings. The summed E-state index contributed by atoms with van der Waals surface area (Å²) in [6, 6.07) is 23.1. The van der Waals surface area contributed by atoms with E-state index in [4.69, 9.17) is 10.5 Å². The summed E-state index contributed by atoms with van der Waals surface area (Å²) < 4.78 is 32.5. The normalized spacial score (nSPS) is 19.2. The zero-order chi connectivity index (χ0) is 27.6. The fourth-order valence-electron chi connectivity index (χ4n) is 4.56. The summed E-state index contributed by atoms with van der Waals surface area (Å²) >= 11 is 0. The second-order valence-corrected chi connectivity index (χ2v) is 11.0. The number of esters is 1. The predicted molar refractivity (Wildman–Crippen MR) is 143 cm³/mol. The SMILES string of the molecule is NC(=O)/C=C\C1=C(C(=O)OC(c2ccccc2)c2ccccc2)N2C(=O)/C(=C/c3ccccn3)[C@H]2S(=O)(=O)C1. The molecule has 1 saturated heterocycles. The zero-order valence-corrected chi connectivity index (χ0v) is 21.3. The Hall–Kier alpha value is -4.83. The van der Waals surface area contributed by atoms with Gasteiger partial charge in [-0.05, 0) is 34.9 Å². The fraction of sp³-hybridized carbons (Fsp3) is 0.103. The maximum atomic E-state index is 13.8. The van der Waals surface area contributed by atoms with E-state index in [0.717, 1.165) is 17.1 Å². The van der Waals surface area contributed by atoms with Crippen LogP contribution in [0, 0.1) is 0 Å². The molecule has 196 valence electrons. The molecule has 0 saturated carbocycles. The Morgan fingerprint density at radius 3 is 2.15 bits per heavy atom. The summed E-state index contributed by atoms with van der Waals surface area (Å²) in [7, 11) is -3.98. The highest BCUT2D eigenvalue weighted by atomic mass is 32.2. The molecule has 5 rings (SSSR count). The van der Waals surface area contributed by atoms with E-state index in [1.165, 1.54) is 12.3 Å². The van der Waals surface area contributed by atoms with Crippen LogP contribution >= 0.6 is 0 Å². The van der Waals surface area contributed by atoms with Gasteiger partial charge in [0.15, 0.2) is 21.3 Å². The van der Waals surface area contributed by atoms with E-state index < -0.39 is 44.9 Å². The van der Waals surface area contributed by atoms with Gasteiger partial charge in [0.25, 0.3) is 5.91 Å². The Balaban J connectivity index is 1.58. The number of sulfone groups is 1. The summed E-state index contributed by atoms with van der Waals surface area (Å²) in [6.07, 6.45) is 4.15. The third-order valence-electron chi connectivity index (χ3n) is 6.27. The van der Waals surface area contributed by atoms with E-state index in [1.807, 2.05) is 12.1 Å². The number of primary amides is 1. The van der Waals surface area contributed by atoms with Crippen LogP contribution in [0.5, 0.6) is 0 Å². The van der Waals surface area contributed by atoms with Crippen LogP contribution in [0.15, 0.2) is 114 Å². The van der Waals surface area contributed by atoms with Crippen LogP contribution in [0.3, 0.4) is 0 Å². The maximum Gasteiger partial charge on any atom is 0.356 e. The second kappa shape index (κ2) is 10.5. The Morgan fingerprint density at radius 1 is 0.974 bits per heavy atom. The van der Waals surface area contributed by atoms with E-state index in [9.17, 15) is 22.8 Å². The van der Waals surface area contributed by atoms with Crippen molar-refractivity contribution in [3.8, 4) is 0 Å². The summed E-state index contributed by atoms with van der Waals surface area (Å²) in [4.78, 5) is 43.6. The first kappa shape index (κ1) is 25.8. The smallest absolute Gasteiger partial charge is 0.356 e. The van der Waals surface area contributed by atoms with Gasteiger partial charge in [-0.1, -0.05) is 72.8 Å². The number of rotatable bonds is 7.